The average Bonchev–Trinajstić information content (AvgIpc) is 2.99. The molecule has 9 heteroatoms. The van der Waals surface area contributed by atoms with Crippen LogP contribution in [0.5, 0.6) is 0 Å². The van der Waals surface area contributed by atoms with Gasteiger partial charge in [0.1, 0.15) is 4.90 Å². The maximum Gasteiger partial charge on any atom is 0.338 e. The first-order valence-corrected chi connectivity index (χ1v) is 9.44. The van der Waals surface area contributed by atoms with Crippen LogP contribution in [0.1, 0.15) is 43.0 Å². The van der Waals surface area contributed by atoms with Crippen LogP contribution in [0.15, 0.2) is 23.1 Å². The number of carbonyl (C=O) groups excluding carboxylic acids is 2. The molecule has 1 atom stereocenters. The summed E-state index contributed by atoms with van der Waals surface area (Å²) in [6, 6.07) is 3.69. The van der Waals surface area contributed by atoms with Crippen molar-refractivity contribution in [1.29, 1.82) is 0 Å². The van der Waals surface area contributed by atoms with Crippen molar-refractivity contribution in [3.63, 3.8) is 0 Å². The van der Waals surface area contributed by atoms with Gasteiger partial charge >= 0.3 is 5.97 Å². The molecule has 7 nitrogen and oxygen atoms in total. The number of sulfonamides is 1. The molecule has 1 aromatic carbocycles. The lowest BCUT2D eigenvalue weighted by atomic mass is 10.2. The Morgan fingerprint density at radius 1 is 1.33 bits per heavy atom. The van der Waals surface area contributed by atoms with Gasteiger partial charge in [0.2, 0.25) is 10.0 Å². The van der Waals surface area contributed by atoms with Crippen molar-refractivity contribution < 1.29 is 22.7 Å². The molecule has 132 valence electrons. The number of hydrogen-bond donors (Lipinski definition) is 2. The monoisotopic (exact) mass is 374 g/mol. The molecule has 0 radical (unpaired) electrons. The summed E-state index contributed by atoms with van der Waals surface area (Å²) in [7, 11) is -4.07. The number of esters is 1. The van der Waals surface area contributed by atoms with E-state index in [0.29, 0.717) is 0 Å². The van der Waals surface area contributed by atoms with E-state index in [1.807, 2.05) is 0 Å². The van der Waals surface area contributed by atoms with Crippen molar-refractivity contribution in [1.82, 2.24) is 5.32 Å². The third-order valence-corrected chi connectivity index (χ3v) is 5.22. The molecule has 1 amide bonds. The number of nitrogens with one attached hydrogen (secondary N) is 1. The van der Waals surface area contributed by atoms with Gasteiger partial charge in [-0.05, 0) is 38.0 Å². The highest BCUT2D eigenvalue weighted by Gasteiger charge is 2.24. The molecular formula is C15H19ClN2O5S. The van der Waals surface area contributed by atoms with E-state index < -0.39 is 22.1 Å². The Labute approximate surface area is 145 Å². The molecule has 0 spiro atoms. The van der Waals surface area contributed by atoms with Crippen LogP contribution in [0.4, 0.5) is 0 Å². The van der Waals surface area contributed by atoms with Crippen LogP contribution >= 0.6 is 11.6 Å². The number of primary sulfonamides is 1. The number of rotatable bonds is 5. The summed E-state index contributed by atoms with van der Waals surface area (Å²) >= 11 is 5.76. The molecule has 1 saturated carbocycles. The topological polar surface area (TPSA) is 116 Å². The number of halogens is 1. The number of hydrogen-bond acceptors (Lipinski definition) is 5. The second-order valence-corrected chi connectivity index (χ2v) is 7.66. The van der Waals surface area contributed by atoms with Gasteiger partial charge in [-0.3, -0.25) is 4.79 Å². The van der Waals surface area contributed by atoms with Crippen molar-refractivity contribution in [2.24, 2.45) is 5.14 Å². The molecule has 1 fully saturated rings. The number of amides is 1. The Hall–Kier alpha value is -1.64. The molecule has 3 N–H and O–H groups in total. The van der Waals surface area contributed by atoms with Crippen molar-refractivity contribution >= 4 is 33.5 Å². The summed E-state index contributed by atoms with van der Waals surface area (Å²) in [6.07, 6.45) is 2.98. The minimum atomic E-state index is -4.07. The lowest BCUT2D eigenvalue weighted by Crippen LogP contribution is -2.40. The zero-order valence-corrected chi connectivity index (χ0v) is 14.7. The molecular weight excluding hydrogens is 356 g/mol. The van der Waals surface area contributed by atoms with Gasteiger partial charge in [0.15, 0.2) is 6.10 Å². The van der Waals surface area contributed by atoms with E-state index in [2.05, 4.69) is 5.32 Å². The SMILES string of the molecule is CC(OC(=O)c1ccc(Cl)c(S(N)(=O)=O)c1)C(=O)NC1CCCC1. The van der Waals surface area contributed by atoms with Crippen molar-refractivity contribution in [3.05, 3.63) is 28.8 Å². The van der Waals surface area contributed by atoms with E-state index in [1.54, 1.807) is 0 Å². The number of benzene rings is 1. The quantitative estimate of drug-likeness (QED) is 0.759. The van der Waals surface area contributed by atoms with Crippen LogP contribution in [-0.4, -0.2) is 32.4 Å². The van der Waals surface area contributed by atoms with Gasteiger partial charge in [-0.15, -0.1) is 0 Å². The Morgan fingerprint density at radius 2 is 1.96 bits per heavy atom. The highest BCUT2D eigenvalue weighted by atomic mass is 35.5. The molecule has 1 aliphatic rings. The van der Waals surface area contributed by atoms with Gasteiger partial charge in [-0.2, -0.15) is 0 Å². The minimum Gasteiger partial charge on any atom is -0.449 e. The molecule has 2 rings (SSSR count). The van der Waals surface area contributed by atoms with Crippen molar-refractivity contribution in [3.8, 4) is 0 Å². The molecule has 0 bridgehead atoms. The van der Waals surface area contributed by atoms with Crippen LogP contribution in [0.3, 0.4) is 0 Å². The fourth-order valence-corrected chi connectivity index (χ4v) is 3.59. The highest BCUT2D eigenvalue weighted by molar-refractivity contribution is 7.89. The molecule has 1 aromatic rings. The molecule has 0 aliphatic heterocycles. The number of nitrogens with two attached hydrogens (primary N) is 1. The maximum absolute atomic E-state index is 12.1. The zero-order chi connectivity index (χ0) is 17.9. The van der Waals surface area contributed by atoms with E-state index in [4.69, 9.17) is 21.5 Å². The third kappa shape index (κ3) is 4.68. The summed E-state index contributed by atoms with van der Waals surface area (Å²) in [5, 5.41) is 7.77. The van der Waals surface area contributed by atoms with E-state index in [0.717, 1.165) is 31.7 Å². The average molecular weight is 375 g/mol. The summed E-state index contributed by atoms with van der Waals surface area (Å²) in [4.78, 5) is 23.8. The molecule has 24 heavy (non-hydrogen) atoms. The summed E-state index contributed by atoms with van der Waals surface area (Å²) in [5.41, 5.74) is -0.0519. The van der Waals surface area contributed by atoms with Crippen LogP contribution in [-0.2, 0) is 19.6 Å². The summed E-state index contributed by atoms with van der Waals surface area (Å²) < 4.78 is 27.9. The Bertz CT molecular complexity index is 744. The fraction of sp³-hybridized carbons (Fsp3) is 0.467. The molecule has 0 aromatic heterocycles. The Balaban J connectivity index is 2.05. The van der Waals surface area contributed by atoms with Crippen molar-refractivity contribution in [2.45, 2.75) is 49.6 Å². The number of ether oxygens (including phenoxy) is 1. The molecule has 1 aliphatic carbocycles. The Morgan fingerprint density at radius 3 is 2.54 bits per heavy atom. The van der Waals surface area contributed by atoms with Gasteiger partial charge in [0, 0.05) is 6.04 Å². The van der Waals surface area contributed by atoms with E-state index >= 15 is 0 Å². The van der Waals surface area contributed by atoms with Gasteiger partial charge < -0.3 is 10.1 Å². The van der Waals surface area contributed by atoms with Crippen LogP contribution in [0.2, 0.25) is 5.02 Å². The second kappa shape index (κ2) is 7.50. The predicted octanol–water partition coefficient (Wildman–Crippen LogP) is 1.59. The lowest BCUT2D eigenvalue weighted by Gasteiger charge is -2.17. The first-order valence-electron chi connectivity index (χ1n) is 7.52. The van der Waals surface area contributed by atoms with Crippen LogP contribution < -0.4 is 10.5 Å². The van der Waals surface area contributed by atoms with Crippen LogP contribution in [0, 0.1) is 0 Å². The first-order chi connectivity index (χ1) is 11.2. The van der Waals surface area contributed by atoms with E-state index in [1.165, 1.54) is 19.1 Å². The predicted molar refractivity (Wildman–Crippen MR) is 88.1 cm³/mol. The summed E-state index contributed by atoms with van der Waals surface area (Å²) in [5.74, 6) is -1.21. The third-order valence-electron chi connectivity index (χ3n) is 3.83. The standard InChI is InChI=1S/C15H19ClN2O5S/c1-9(14(19)18-11-4-2-3-5-11)23-15(20)10-6-7-12(16)13(8-10)24(17,21)22/h6-9,11H,2-5H2,1H3,(H,18,19)(H2,17,21,22). The maximum atomic E-state index is 12.1. The van der Waals surface area contributed by atoms with E-state index in [9.17, 15) is 18.0 Å². The smallest absolute Gasteiger partial charge is 0.338 e. The first kappa shape index (κ1) is 18.7. The van der Waals surface area contributed by atoms with Gasteiger partial charge in [0.05, 0.1) is 10.6 Å². The molecule has 0 heterocycles. The van der Waals surface area contributed by atoms with E-state index in [-0.39, 0.29) is 27.4 Å². The zero-order valence-electron chi connectivity index (χ0n) is 13.1. The van der Waals surface area contributed by atoms with Gasteiger partial charge in [-0.25, -0.2) is 18.4 Å². The summed E-state index contributed by atoms with van der Waals surface area (Å²) in [6.45, 7) is 1.46. The lowest BCUT2D eigenvalue weighted by molar-refractivity contribution is -0.129. The van der Waals surface area contributed by atoms with Crippen LogP contribution in [0.25, 0.3) is 0 Å². The van der Waals surface area contributed by atoms with Crippen molar-refractivity contribution in [2.75, 3.05) is 0 Å². The van der Waals surface area contributed by atoms with Gasteiger partial charge in [0.25, 0.3) is 5.91 Å². The normalized spacial score (nSPS) is 16.6. The Kier molecular flexibility index (Phi) is 5.84. The minimum absolute atomic E-state index is 0.0519. The largest absolute Gasteiger partial charge is 0.449 e. The van der Waals surface area contributed by atoms with Gasteiger partial charge in [-0.1, -0.05) is 24.4 Å². The number of carbonyl (C=O) groups is 2. The molecule has 0 saturated heterocycles. The second-order valence-electron chi connectivity index (χ2n) is 5.73. The fourth-order valence-electron chi connectivity index (χ4n) is 2.52. The molecule has 1 unspecified atom stereocenters. The highest BCUT2D eigenvalue weighted by Crippen LogP contribution is 2.22.